The molecule has 72 valence electrons. The van der Waals surface area contributed by atoms with Gasteiger partial charge in [-0.05, 0) is 27.0 Å². The minimum atomic E-state index is -0.547. The van der Waals surface area contributed by atoms with Crippen molar-refractivity contribution < 1.29 is 4.79 Å². The lowest BCUT2D eigenvalue weighted by Crippen LogP contribution is -2.44. The van der Waals surface area contributed by atoms with Crippen LogP contribution in [0.2, 0.25) is 0 Å². The molecule has 13 heavy (non-hydrogen) atoms. The fraction of sp³-hybridized carbons (Fsp3) is 0.556. The van der Waals surface area contributed by atoms with Crippen LogP contribution in [0.15, 0.2) is 12.3 Å². The Morgan fingerprint density at radius 2 is 2.23 bits per heavy atom. The molecule has 0 spiro atoms. The molecular formula is C9H15N3O. The molecule has 0 unspecified atom stereocenters. The highest BCUT2D eigenvalue weighted by Crippen LogP contribution is 2.09. The maximum atomic E-state index is 11.8. The van der Waals surface area contributed by atoms with Crippen LogP contribution >= 0.6 is 0 Å². The molecule has 0 aromatic carbocycles. The van der Waals surface area contributed by atoms with Gasteiger partial charge < -0.3 is 5.32 Å². The zero-order valence-corrected chi connectivity index (χ0v) is 8.46. The molecule has 0 saturated carbocycles. The van der Waals surface area contributed by atoms with Crippen molar-refractivity contribution in [2.75, 3.05) is 7.05 Å². The molecule has 1 rings (SSSR count). The first-order valence-electron chi connectivity index (χ1n) is 4.21. The average Bonchev–Trinajstić information content (AvgIpc) is 2.50. The Morgan fingerprint density at radius 1 is 1.62 bits per heavy atom. The lowest BCUT2D eigenvalue weighted by Gasteiger charge is -2.20. The Bertz CT molecular complexity index is 314. The quantitative estimate of drug-likeness (QED) is 0.695. The zero-order chi connectivity index (χ0) is 10.1. The van der Waals surface area contributed by atoms with E-state index in [1.165, 1.54) is 0 Å². The predicted molar refractivity (Wildman–Crippen MR) is 50.7 cm³/mol. The van der Waals surface area contributed by atoms with Crippen molar-refractivity contribution in [3.05, 3.63) is 18.0 Å². The Hall–Kier alpha value is -1.16. The molecule has 0 aliphatic rings. The van der Waals surface area contributed by atoms with Gasteiger partial charge in [-0.2, -0.15) is 5.10 Å². The summed E-state index contributed by atoms with van der Waals surface area (Å²) in [5, 5.41) is 7.00. The van der Waals surface area contributed by atoms with Crippen LogP contribution in [0.4, 0.5) is 0 Å². The summed E-state index contributed by atoms with van der Waals surface area (Å²) in [6.07, 6.45) is 1.76. The number of hydrogen-bond acceptors (Lipinski definition) is 3. The number of hydrogen-bond donors (Lipinski definition) is 1. The van der Waals surface area contributed by atoms with Crippen LogP contribution in [0.5, 0.6) is 0 Å². The maximum Gasteiger partial charge on any atom is 0.202 e. The van der Waals surface area contributed by atoms with E-state index < -0.39 is 5.54 Å². The van der Waals surface area contributed by atoms with E-state index >= 15 is 0 Å². The molecule has 0 bridgehead atoms. The van der Waals surface area contributed by atoms with Gasteiger partial charge in [0.2, 0.25) is 5.78 Å². The summed E-state index contributed by atoms with van der Waals surface area (Å²) in [6, 6.07) is 1.72. The number of rotatable bonds is 3. The van der Waals surface area contributed by atoms with E-state index in [1.807, 2.05) is 13.8 Å². The van der Waals surface area contributed by atoms with Crippen molar-refractivity contribution in [1.29, 1.82) is 0 Å². The topological polar surface area (TPSA) is 46.9 Å². The Morgan fingerprint density at radius 3 is 2.62 bits per heavy atom. The van der Waals surface area contributed by atoms with Gasteiger partial charge in [0, 0.05) is 13.2 Å². The number of nitrogens with zero attached hydrogens (tertiary/aromatic N) is 2. The van der Waals surface area contributed by atoms with Crippen molar-refractivity contribution in [1.82, 2.24) is 15.1 Å². The number of Topliss-reactive ketones (excluding diaryl/α,β-unsaturated/α-hetero) is 1. The Labute approximate surface area is 77.9 Å². The van der Waals surface area contributed by atoms with Gasteiger partial charge in [0.15, 0.2) is 0 Å². The van der Waals surface area contributed by atoms with Crippen LogP contribution in [0.25, 0.3) is 0 Å². The summed E-state index contributed by atoms with van der Waals surface area (Å²) in [5.41, 5.74) is -0.0456. The minimum Gasteiger partial charge on any atom is -0.308 e. The number of carbonyl (C=O) groups is 1. The van der Waals surface area contributed by atoms with Crippen LogP contribution in [0.3, 0.4) is 0 Å². The number of carbonyl (C=O) groups excluding carboxylic acids is 1. The molecule has 1 aromatic rings. The van der Waals surface area contributed by atoms with Gasteiger partial charge in [0.25, 0.3) is 0 Å². The van der Waals surface area contributed by atoms with E-state index in [1.54, 1.807) is 31.0 Å². The highest BCUT2D eigenvalue weighted by Gasteiger charge is 2.27. The highest BCUT2D eigenvalue weighted by molar-refractivity contribution is 6.01. The lowest BCUT2D eigenvalue weighted by molar-refractivity contribution is 0.0883. The molecule has 0 amide bonds. The summed E-state index contributed by atoms with van der Waals surface area (Å²) in [7, 11) is 3.56. The van der Waals surface area contributed by atoms with Gasteiger partial charge in [0.05, 0.1) is 5.54 Å². The third-order valence-electron chi connectivity index (χ3n) is 2.14. The second-order valence-electron chi connectivity index (χ2n) is 3.58. The number of likely N-dealkylation sites (N-methyl/N-ethyl adjacent to an activating group) is 1. The van der Waals surface area contributed by atoms with E-state index in [2.05, 4.69) is 10.4 Å². The van der Waals surface area contributed by atoms with Crippen LogP contribution < -0.4 is 5.32 Å². The normalized spacial score (nSPS) is 11.7. The van der Waals surface area contributed by atoms with Gasteiger partial charge in [-0.1, -0.05) is 0 Å². The molecule has 0 atom stereocenters. The first kappa shape index (κ1) is 9.92. The summed E-state index contributed by atoms with van der Waals surface area (Å²) in [6.45, 7) is 3.67. The fourth-order valence-electron chi connectivity index (χ4n) is 0.970. The second-order valence-corrected chi connectivity index (χ2v) is 3.58. The van der Waals surface area contributed by atoms with Gasteiger partial charge in [0.1, 0.15) is 5.69 Å². The van der Waals surface area contributed by atoms with Crippen LogP contribution in [-0.2, 0) is 7.05 Å². The molecule has 4 heteroatoms. The van der Waals surface area contributed by atoms with Crippen LogP contribution in [-0.4, -0.2) is 28.2 Å². The van der Waals surface area contributed by atoms with Gasteiger partial charge in [-0.25, -0.2) is 0 Å². The largest absolute Gasteiger partial charge is 0.308 e. The van der Waals surface area contributed by atoms with Crippen LogP contribution in [0.1, 0.15) is 24.3 Å². The monoisotopic (exact) mass is 181 g/mol. The molecule has 4 nitrogen and oxygen atoms in total. The van der Waals surface area contributed by atoms with Crippen molar-refractivity contribution in [2.45, 2.75) is 19.4 Å². The van der Waals surface area contributed by atoms with Gasteiger partial charge >= 0.3 is 0 Å². The smallest absolute Gasteiger partial charge is 0.202 e. The molecule has 1 heterocycles. The number of aryl methyl sites for hydroxylation is 1. The molecule has 1 aromatic heterocycles. The summed E-state index contributed by atoms with van der Waals surface area (Å²) in [4.78, 5) is 11.8. The van der Waals surface area contributed by atoms with E-state index in [4.69, 9.17) is 0 Å². The van der Waals surface area contributed by atoms with E-state index in [0.717, 1.165) is 0 Å². The SMILES string of the molecule is CNC(C)(C)C(=O)c1ccn(C)n1. The average molecular weight is 181 g/mol. The van der Waals surface area contributed by atoms with E-state index in [-0.39, 0.29) is 5.78 Å². The first-order valence-corrected chi connectivity index (χ1v) is 4.21. The molecule has 0 saturated heterocycles. The third-order valence-corrected chi connectivity index (χ3v) is 2.14. The lowest BCUT2D eigenvalue weighted by atomic mass is 9.97. The second kappa shape index (κ2) is 3.30. The predicted octanol–water partition coefficient (Wildman–Crippen LogP) is 0.601. The third kappa shape index (κ3) is 1.95. The summed E-state index contributed by atoms with van der Waals surface area (Å²) < 4.78 is 1.62. The molecular weight excluding hydrogens is 166 g/mol. The van der Waals surface area contributed by atoms with Crippen molar-refractivity contribution in [3.63, 3.8) is 0 Å². The standard InChI is InChI=1S/C9H15N3O/c1-9(2,10-3)8(13)7-5-6-12(4)11-7/h5-6,10H,1-4H3. The molecule has 1 N–H and O–H groups in total. The van der Waals surface area contributed by atoms with Gasteiger partial charge in [-0.15, -0.1) is 0 Å². The Balaban J connectivity index is 2.91. The number of nitrogens with one attached hydrogen (secondary N) is 1. The Kier molecular flexibility index (Phi) is 2.52. The molecule has 0 fully saturated rings. The first-order chi connectivity index (χ1) is 5.97. The van der Waals surface area contributed by atoms with E-state index in [9.17, 15) is 4.79 Å². The number of aromatic nitrogens is 2. The minimum absolute atomic E-state index is 0.00981. The summed E-state index contributed by atoms with van der Waals surface area (Å²) in [5.74, 6) is 0.00981. The van der Waals surface area contributed by atoms with E-state index in [0.29, 0.717) is 5.69 Å². The molecule has 0 aliphatic heterocycles. The summed E-state index contributed by atoms with van der Waals surface area (Å²) >= 11 is 0. The molecule has 0 radical (unpaired) electrons. The van der Waals surface area contributed by atoms with Crippen molar-refractivity contribution in [2.24, 2.45) is 7.05 Å². The molecule has 0 aliphatic carbocycles. The van der Waals surface area contributed by atoms with Crippen molar-refractivity contribution >= 4 is 5.78 Å². The number of ketones is 1. The highest BCUT2D eigenvalue weighted by atomic mass is 16.1. The van der Waals surface area contributed by atoms with Crippen molar-refractivity contribution in [3.8, 4) is 0 Å². The fourth-order valence-corrected chi connectivity index (χ4v) is 0.970. The van der Waals surface area contributed by atoms with Gasteiger partial charge in [-0.3, -0.25) is 9.48 Å². The zero-order valence-electron chi connectivity index (χ0n) is 8.46. The maximum absolute atomic E-state index is 11.8. The van der Waals surface area contributed by atoms with Crippen LogP contribution in [0, 0.1) is 0 Å².